The van der Waals surface area contributed by atoms with Crippen molar-refractivity contribution in [1.82, 2.24) is 0 Å². The Bertz CT molecular complexity index is 1090. The van der Waals surface area contributed by atoms with E-state index < -0.39 is 0 Å². The lowest BCUT2D eigenvalue weighted by Crippen LogP contribution is -2.10. The van der Waals surface area contributed by atoms with Gasteiger partial charge in [-0.2, -0.15) is 0 Å². The van der Waals surface area contributed by atoms with Crippen molar-refractivity contribution in [2.45, 2.75) is 52.9 Å². The van der Waals surface area contributed by atoms with Crippen molar-refractivity contribution in [3.05, 3.63) is 106 Å². The van der Waals surface area contributed by atoms with Gasteiger partial charge in [0.2, 0.25) is 0 Å². The van der Waals surface area contributed by atoms with Crippen molar-refractivity contribution in [3.8, 4) is 23.7 Å². The average Bonchev–Trinajstić information content (AvgIpc) is 2.79. The highest BCUT2D eigenvalue weighted by molar-refractivity contribution is 5.54. The first-order valence-corrected chi connectivity index (χ1v) is 11.4. The molecule has 1 heteroatoms. The van der Waals surface area contributed by atoms with Gasteiger partial charge in [-0.1, -0.05) is 74.3 Å². The van der Waals surface area contributed by atoms with Crippen LogP contribution in [-0.2, 0) is 4.74 Å². The molecule has 2 aromatic carbocycles. The molecule has 0 heterocycles. The number of ether oxygens (including phenoxy) is 1. The summed E-state index contributed by atoms with van der Waals surface area (Å²) in [7, 11) is 1.66. The fourth-order valence-corrected chi connectivity index (χ4v) is 3.17. The molecule has 164 valence electrons. The molecule has 1 aliphatic carbocycles. The highest BCUT2D eigenvalue weighted by Crippen LogP contribution is 2.38. The molecule has 0 aliphatic heterocycles. The van der Waals surface area contributed by atoms with Crippen molar-refractivity contribution < 1.29 is 4.74 Å². The van der Waals surface area contributed by atoms with Gasteiger partial charge in [0, 0.05) is 22.3 Å². The normalized spacial score (nSPS) is 13.3. The molecule has 1 nitrogen and oxygen atoms in total. The number of aryl methyl sites for hydroxylation is 1. The fourth-order valence-electron chi connectivity index (χ4n) is 3.17. The van der Waals surface area contributed by atoms with E-state index in [1.54, 1.807) is 13.2 Å². The van der Waals surface area contributed by atoms with Crippen molar-refractivity contribution >= 4 is 0 Å². The number of hydrogen-bond acceptors (Lipinski definition) is 1. The van der Waals surface area contributed by atoms with Crippen LogP contribution in [0.5, 0.6) is 0 Å². The largest absolute Gasteiger partial charge is 0.501 e. The first kappa shape index (κ1) is 24.8. The second-order valence-corrected chi connectivity index (χ2v) is 7.60. The maximum absolute atomic E-state index is 5.18. The molecule has 2 aromatic rings. The summed E-state index contributed by atoms with van der Waals surface area (Å²) in [4.78, 5) is 0. The molecular weight excluding hydrogens is 388 g/mol. The zero-order chi connectivity index (χ0) is 23.3. The van der Waals surface area contributed by atoms with Crippen molar-refractivity contribution in [3.63, 3.8) is 0 Å². The number of rotatable bonds is 4. The Morgan fingerprint density at radius 2 is 1.62 bits per heavy atom. The summed E-state index contributed by atoms with van der Waals surface area (Å²) >= 11 is 0. The lowest BCUT2D eigenvalue weighted by Gasteiger charge is -2.27. The Morgan fingerprint density at radius 3 is 2.22 bits per heavy atom. The van der Waals surface area contributed by atoms with Crippen LogP contribution in [0.4, 0.5) is 0 Å². The average molecular weight is 423 g/mol. The summed E-state index contributed by atoms with van der Waals surface area (Å²) < 4.78 is 5.18. The van der Waals surface area contributed by atoms with Crippen LogP contribution in [0.3, 0.4) is 0 Å². The Labute approximate surface area is 194 Å². The molecule has 0 amide bonds. The van der Waals surface area contributed by atoms with E-state index >= 15 is 0 Å². The summed E-state index contributed by atoms with van der Waals surface area (Å²) in [5.41, 5.74) is 6.60. The first-order valence-electron chi connectivity index (χ1n) is 11.4. The predicted octanol–water partition coefficient (Wildman–Crippen LogP) is 7.70. The highest BCUT2D eigenvalue weighted by atomic mass is 16.5. The molecule has 0 radical (unpaired) electrons. The van der Waals surface area contributed by atoms with E-state index in [1.807, 2.05) is 32.9 Å². The molecule has 0 saturated heterocycles. The van der Waals surface area contributed by atoms with Crippen LogP contribution >= 0.6 is 0 Å². The molecule has 1 aliphatic rings. The van der Waals surface area contributed by atoms with Crippen LogP contribution in [0.1, 0.15) is 73.8 Å². The molecular formula is C31H34O. The van der Waals surface area contributed by atoms with Gasteiger partial charge in [-0.25, -0.2) is 0 Å². The molecule has 0 unspecified atom stereocenters. The van der Waals surface area contributed by atoms with E-state index in [4.69, 9.17) is 4.74 Å². The minimum absolute atomic E-state index is 0.585. The first-order chi connectivity index (χ1) is 15.6. The zero-order valence-corrected chi connectivity index (χ0v) is 20.1. The van der Waals surface area contributed by atoms with Gasteiger partial charge >= 0.3 is 0 Å². The summed E-state index contributed by atoms with van der Waals surface area (Å²) in [5, 5.41) is 0. The molecule has 1 saturated carbocycles. The summed E-state index contributed by atoms with van der Waals surface area (Å²) in [5.74, 6) is 14.6. The van der Waals surface area contributed by atoms with E-state index in [-0.39, 0.29) is 0 Å². The van der Waals surface area contributed by atoms with Crippen molar-refractivity contribution in [1.29, 1.82) is 0 Å². The highest BCUT2D eigenvalue weighted by Gasteiger charge is 2.21. The lowest BCUT2D eigenvalue weighted by molar-refractivity contribution is 0.294. The molecule has 0 bridgehead atoms. The standard InChI is InChI=1S/C29H28O.C2H6/c1-5-24(14-11-23(3)30-4)17-19-28-20-18-26(21-29(28)27-7-6-8-27)16-15-25-12-9-22(2)10-13-25;1-2/h5,9-14,18,20-21,27H,1,6-8H2,2-4H3;1-2H3/b23-11+,24-14+;. The van der Waals surface area contributed by atoms with Gasteiger partial charge in [0.1, 0.15) is 0 Å². The fraction of sp³-hybridized carbons (Fsp3) is 0.290. The topological polar surface area (TPSA) is 9.23 Å². The smallest absolute Gasteiger partial charge is 0.0925 e. The molecule has 32 heavy (non-hydrogen) atoms. The second-order valence-electron chi connectivity index (χ2n) is 7.60. The summed E-state index contributed by atoms with van der Waals surface area (Å²) in [6.45, 7) is 11.9. The van der Waals surface area contributed by atoms with E-state index in [0.29, 0.717) is 5.92 Å². The molecule has 1 fully saturated rings. The third-order valence-corrected chi connectivity index (χ3v) is 5.38. The Kier molecular flexibility index (Phi) is 10.2. The molecule has 0 N–H and O–H groups in total. The minimum Gasteiger partial charge on any atom is -0.501 e. The Hall–Kier alpha value is -3.42. The van der Waals surface area contributed by atoms with Crippen LogP contribution in [-0.4, -0.2) is 7.11 Å². The maximum atomic E-state index is 5.18. The van der Waals surface area contributed by atoms with E-state index in [0.717, 1.165) is 28.0 Å². The van der Waals surface area contributed by atoms with Crippen LogP contribution < -0.4 is 0 Å². The van der Waals surface area contributed by atoms with Crippen LogP contribution in [0, 0.1) is 30.6 Å². The predicted molar refractivity (Wildman–Crippen MR) is 137 cm³/mol. The maximum Gasteiger partial charge on any atom is 0.0925 e. The van der Waals surface area contributed by atoms with Gasteiger partial charge in [-0.15, -0.1) is 0 Å². The number of hydrogen-bond donors (Lipinski definition) is 0. The number of allylic oxidation sites excluding steroid dienone is 5. The third kappa shape index (κ3) is 7.37. The molecule has 0 aromatic heterocycles. The van der Waals surface area contributed by atoms with Crippen LogP contribution in [0.2, 0.25) is 0 Å². The molecule has 0 spiro atoms. The zero-order valence-electron chi connectivity index (χ0n) is 20.1. The quantitative estimate of drug-likeness (QED) is 0.279. The van der Waals surface area contributed by atoms with Crippen LogP contribution in [0.25, 0.3) is 0 Å². The molecule has 0 atom stereocenters. The molecule has 3 rings (SSSR count). The summed E-state index contributed by atoms with van der Waals surface area (Å²) in [6.07, 6.45) is 9.35. The van der Waals surface area contributed by atoms with Crippen molar-refractivity contribution in [2.24, 2.45) is 0 Å². The number of methoxy groups -OCH3 is 1. The van der Waals surface area contributed by atoms with Gasteiger partial charge in [-0.3, -0.25) is 0 Å². The Balaban J connectivity index is 0.00000176. The van der Waals surface area contributed by atoms with Gasteiger partial charge in [-0.05, 0) is 80.7 Å². The van der Waals surface area contributed by atoms with Gasteiger partial charge in [0.25, 0.3) is 0 Å². The van der Waals surface area contributed by atoms with Gasteiger partial charge in [0.15, 0.2) is 0 Å². The van der Waals surface area contributed by atoms with Gasteiger partial charge < -0.3 is 4.74 Å². The lowest BCUT2D eigenvalue weighted by atomic mass is 9.78. The van der Waals surface area contributed by atoms with Crippen molar-refractivity contribution in [2.75, 3.05) is 7.11 Å². The monoisotopic (exact) mass is 422 g/mol. The van der Waals surface area contributed by atoms with E-state index in [1.165, 1.54) is 30.4 Å². The van der Waals surface area contributed by atoms with E-state index in [9.17, 15) is 0 Å². The third-order valence-electron chi connectivity index (χ3n) is 5.38. The minimum atomic E-state index is 0.585. The second kappa shape index (κ2) is 13.1. The van der Waals surface area contributed by atoms with E-state index in [2.05, 4.69) is 79.6 Å². The SMILES string of the molecule is C=C/C(C#Cc1ccc(C#Cc2ccc(C)cc2)cc1C1CCC1)=C\C=C(/C)OC.CC. The summed E-state index contributed by atoms with van der Waals surface area (Å²) in [6, 6.07) is 14.7. The van der Waals surface area contributed by atoms with Crippen LogP contribution in [0.15, 0.2) is 78.6 Å². The Morgan fingerprint density at radius 1 is 0.969 bits per heavy atom. The van der Waals surface area contributed by atoms with Gasteiger partial charge in [0.05, 0.1) is 12.9 Å². The number of benzene rings is 2.